The Kier molecular flexibility index (Phi) is 4.32. The topological polar surface area (TPSA) is 146 Å². The summed E-state index contributed by atoms with van der Waals surface area (Å²) in [6.07, 6.45) is 0.822. The van der Waals surface area contributed by atoms with Crippen molar-refractivity contribution < 1.29 is 48.3 Å². The number of ether oxygens (including phenoxy) is 4. The Bertz CT molecular complexity index is 1380. The van der Waals surface area contributed by atoms with Crippen LogP contribution < -0.4 is 0 Å². The number of allylic oxidation sites excluding steroid dienone is 2. The van der Waals surface area contributed by atoms with Gasteiger partial charge in [-0.15, -0.1) is 11.6 Å². The molecule has 8 rings (SSSR count). The lowest BCUT2D eigenvalue weighted by atomic mass is 9.39. The molecule has 3 aliphatic carbocycles. The van der Waals surface area contributed by atoms with E-state index in [1.54, 1.807) is 19.9 Å². The number of carbonyl (C=O) groups is 4. The van der Waals surface area contributed by atoms with Crippen molar-refractivity contribution in [3.63, 3.8) is 0 Å². The van der Waals surface area contributed by atoms with Crippen LogP contribution in [0.2, 0.25) is 0 Å². The molecule has 2 spiro atoms. The van der Waals surface area contributed by atoms with E-state index in [4.69, 9.17) is 30.5 Å². The zero-order chi connectivity index (χ0) is 28.7. The van der Waals surface area contributed by atoms with Crippen LogP contribution >= 0.6 is 11.6 Å². The molecule has 13 atom stereocenters. The van der Waals surface area contributed by atoms with Crippen molar-refractivity contribution in [1.82, 2.24) is 0 Å². The number of alkyl halides is 1. The van der Waals surface area contributed by atoms with E-state index < -0.39 is 91.4 Å². The minimum Gasteiger partial charge on any atom is -0.454 e. The predicted octanol–water partition coefficient (Wildman–Crippen LogP) is 1.36. The summed E-state index contributed by atoms with van der Waals surface area (Å²) in [6.45, 7) is 6.73. The van der Waals surface area contributed by atoms with Gasteiger partial charge in [0, 0.05) is 11.3 Å². The van der Waals surface area contributed by atoms with Gasteiger partial charge in [-0.2, -0.15) is 0 Å². The molecule has 11 heteroatoms. The number of halogens is 1. The van der Waals surface area contributed by atoms with Crippen molar-refractivity contribution in [2.24, 2.45) is 34.0 Å². The number of rotatable bonds is 0. The fourth-order valence-corrected chi connectivity index (χ4v) is 11.3. The minimum absolute atomic E-state index is 0.0327. The highest BCUT2D eigenvalue weighted by Gasteiger charge is 2.91. The Morgan fingerprint density at radius 3 is 2.50 bits per heavy atom. The number of hydrogen-bond acceptors (Lipinski definition) is 10. The molecule has 0 radical (unpaired) electrons. The zero-order valence-electron chi connectivity index (χ0n) is 22.8. The molecule has 2 saturated carbocycles. The van der Waals surface area contributed by atoms with E-state index >= 15 is 4.79 Å². The first kappa shape index (κ1) is 25.8. The monoisotopic (exact) mass is 576 g/mol. The van der Waals surface area contributed by atoms with Gasteiger partial charge in [0.25, 0.3) is 0 Å². The van der Waals surface area contributed by atoms with Crippen molar-refractivity contribution in [3.05, 3.63) is 12.2 Å². The van der Waals surface area contributed by atoms with Crippen molar-refractivity contribution in [2.45, 2.75) is 99.5 Å². The van der Waals surface area contributed by atoms with Gasteiger partial charge in [-0.05, 0) is 57.4 Å². The van der Waals surface area contributed by atoms with Crippen LogP contribution in [0.1, 0.15) is 59.8 Å². The first-order valence-corrected chi connectivity index (χ1v) is 14.5. The fraction of sp³-hybridized carbons (Fsp3) is 0.793. The molecule has 0 aromatic heterocycles. The van der Waals surface area contributed by atoms with Crippen LogP contribution in [0, 0.1) is 34.0 Å². The Morgan fingerprint density at radius 2 is 1.77 bits per heavy atom. The molecule has 216 valence electrons. The Balaban J connectivity index is 1.45. The number of aliphatic hydroxyl groups excluding tert-OH is 1. The SMILES string of the molecule is CC12CC34OC(=O)C1COC1(OC5C(O)(CCC6(C)C1CC(O)C1(Cl)CC=CC(=O)C61C)C(=O)OC53C)C(=O)C24. The standard InChI is InChI=1S/C29H33ClO10/c1-22-12-28-17(22)18(33)29(37-11-13(22)19(34)38-28)14-10-16(32)27(30)7-5-6-15(31)24(27,3)23(14,2)8-9-26(36)20(39-29)25(28,4)40-21(26)35/h5-6,13-14,16-17,20,32,36H,7-12H2,1-4H3. The molecule has 5 bridgehead atoms. The predicted molar refractivity (Wildman–Crippen MR) is 133 cm³/mol. The van der Waals surface area contributed by atoms with Crippen LogP contribution in [0.3, 0.4) is 0 Å². The average molecular weight is 577 g/mol. The first-order valence-electron chi connectivity index (χ1n) is 14.1. The van der Waals surface area contributed by atoms with Crippen LogP contribution in [0.4, 0.5) is 0 Å². The van der Waals surface area contributed by atoms with Gasteiger partial charge in [-0.1, -0.05) is 19.9 Å². The highest BCUT2D eigenvalue weighted by molar-refractivity contribution is 6.28. The maximum atomic E-state index is 15.0. The van der Waals surface area contributed by atoms with Gasteiger partial charge in [0.15, 0.2) is 28.4 Å². The van der Waals surface area contributed by atoms with Gasteiger partial charge in [0.2, 0.25) is 5.79 Å². The molecule has 0 amide bonds. The highest BCUT2D eigenvalue weighted by atomic mass is 35.5. The van der Waals surface area contributed by atoms with E-state index in [9.17, 15) is 24.6 Å². The lowest BCUT2D eigenvalue weighted by Gasteiger charge is -2.68. The van der Waals surface area contributed by atoms with Gasteiger partial charge < -0.3 is 29.2 Å². The second-order valence-corrected chi connectivity index (χ2v) is 15.1. The Labute approximate surface area is 235 Å². The minimum atomic E-state index is -2.22. The Hall–Kier alpha value is -1.85. The van der Waals surface area contributed by atoms with E-state index in [2.05, 4.69) is 0 Å². The Morgan fingerprint density at radius 1 is 1.05 bits per heavy atom. The molecule has 40 heavy (non-hydrogen) atoms. The molecule has 7 fully saturated rings. The second kappa shape index (κ2) is 6.70. The third-order valence-corrected chi connectivity index (χ3v) is 14.1. The number of aliphatic hydroxyl groups is 2. The summed E-state index contributed by atoms with van der Waals surface area (Å²) in [6, 6.07) is 0. The molecule has 2 N–H and O–H groups in total. The third-order valence-electron chi connectivity index (χ3n) is 13.3. The summed E-state index contributed by atoms with van der Waals surface area (Å²) in [5.74, 6) is -7.02. The molecule has 10 nitrogen and oxygen atoms in total. The van der Waals surface area contributed by atoms with Crippen LogP contribution in [-0.2, 0) is 38.1 Å². The maximum absolute atomic E-state index is 15.0. The van der Waals surface area contributed by atoms with Gasteiger partial charge >= 0.3 is 11.9 Å². The van der Waals surface area contributed by atoms with E-state index in [1.165, 1.54) is 6.08 Å². The van der Waals surface area contributed by atoms with Gasteiger partial charge in [-0.3, -0.25) is 14.4 Å². The van der Waals surface area contributed by atoms with Gasteiger partial charge in [0.1, 0.15) is 6.10 Å². The lowest BCUT2D eigenvalue weighted by molar-refractivity contribution is -0.361. The van der Waals surface area contributed by atoms with Crippen molar-refractivity contribution in [2.75, 3.05) is 6.61 Å². The molecule has 5 aliphatic heterocycles. The number of fused-ring (bicyclic) bond motifs is 3. The summed E-state index contributed by atoms with van der Waals surface area (Å²) in [5, 5.41) is 23.8. The summed E-state index contributed by atoms with van der Waals surface area (Å²) >= 11 is 7.22. The van der Waals surface area contributed by atoms with Crippen LogP contribution in [0.15, 0.2) is 12.2 Å². The molecule has 0 aromatic rings. The molecule has 8 aliphatic rings. The first-order chi connectivity index (χ1) is 18.5. The smallest absolute Gasteiger partial charge is 0.341 e. The quantitative estimate of drug-likeness (QED) is 0.320. The van der Waals surface area contributed by atoms with Crippen molar-refractivity contribution >= 4 is 35.1 Å². The molecule has 13 unspecified atom stereocenters. The average Bonchev–Trinajstić information content (AvgIpc) is 3.00. The second-order valence-electron chi connectivity index (χ2n) is 14.4. The largest absolute Gasteiger partial charge is 0.454 e. The van der Waals surface area contributed by atoms with Gasteiger partial charge in [0.05, 0.1) is 34.8 Å². The summed E-state index contributed by atoms with van der Waals surface area (Å²) in [5.41, 5.74) is -8.93. The van der Waals surface area contributed by atoms with E-state index in [-0.39, 0.29) is 44.5 Å². The number of Topliss-reactive ketones (excluding diaryl/α,β-unsaturated/α-hetero) is 1. The zero-order valence-corrected chi connectivity index (χ0v) is 23.6. The van der Waals surface area contributed by atoms with Gasteiger partial charge in [-0.25, -0.2) is 4.79 Å². The number of esters is 2. The third kappa shape index (κ3) is 2.15. The maximum Gasteiger partial charge on any atom is 0.341 e. The molecular weight excluding hydrogens is 544 g/mol. The highest BCUT2D eigenvalue weighted by Crippen LogP contribution is 2.77. The number of carbonyl (C=O) groups excluding carboxylic acids is 4. The molecular formula is C29H33ClO10. The summed E-state index contributed by atoms with van der Waals surface area (Å²) in [4.78, 5) is 54.5. The number of hydrogen-bond donors (Lipinski definition) is 2. The van der Waals surface area contributed by atoms with Crippen molar-refractivity contribution in [1.29, 1.82) is 0 Å². The van der Waals surface area contributed by atoms with Crippen LogP contribution in [0.5, 0.6) is 0 Å². The normalized spacial score (nSPS) is 62.6. The summed E-state index contributed by atoms with van der Waals surface area (Å²) < 4.78 is 25.3. The van der Waals surface area contributed by atoms with E-state index in [0.29, 0.717) is 0 Å². The van der Waals surface area contributed by atoms with E-state index in [0.717, 1.165) is 0 Å². The molecule has 5 saturated heterocycles. The molecule has 0 aromatic carbocycles. The van der Waals surface area contributed by atoms with Crippen LogP contribution in [0.25, 0.3) is 0 Å². The summed E-state index contributed by atoms with van der Waals surface area (Å²) in [7, 11) is 0. The molecule has 5 heterocycles. The van der Waals surface area contributed by atoms with Crippen molar-refractivity contribution in [3.8, 4) is 0 Å². The van der Waals surface area contributed by atoms with E-state index in [1.807, 2.05) is 13.8 Å². The number of ketones is 2. The fourth-order valence-electron chi connectivity index (χ4n) is 10.8. The lowest BCUT2D eigenvalue weighted by Crippen LogP contribution is -2.81. The van der Waals surface area contributed by atoms with Crippen LogP contribution in [-0.4, -0.2) is 80.0 Å².